The number of aryl methyl sites for hydroxylation is 1. The third-order valence-electron chi connectivity index (χ3n) is 2.73. The molecule has 0 aliphatic heterocycles. The zero-order valence-corrected chi connectivity index (χ0v) is 11.9. The van der Waals surface area contributed by atoms with Crippen LogP contribution in [0.1, 0.15) is 30.0 Å². The van der Waals surface area contributed by atoms with E-state index in [0.717, 1.165) is 22.5 Å². The van der Waals surface area contributed by atoms with E-state index in [2.05, 4.69) is 21.2 Å². The van der Waals surface area contributed by atoms with Crippen molar-refractivity contribution in [2.45, 2.75) is 19.9 Å². The van der Waals surface area contributed by atoms with Crippen LogP contribution in [-0.4, -0.2) is 6.54 Å². The maximum atomic E-state index is 14.0. The molecule has 18 heavy (non-hydrogen) atoms. The monoisotopic (exact) mass is 311 g/mol. The minimum absolute atomic E-state index is 0.246. The van der Waals surface area contributed by atoms with Gasteiger partial charge in [-0.3, -0.25) is 0 Å². The lowest BCUT2D eigenvalue weighted by Crippen LogP contribution is -2.22. The molecule has 0 aliphatic carbocycles. The van der Waals surface area contributed by atoms with Gasteiger partial charge >= 0.3 is 0 Å². The summed E-state index contributed by atoms with van der Waals surface area (Å²) in [7, 11) is 0. The minimum atomic E-state index is -0.253. The molecule has 0 amide bonds. The molecule has 0 radical (unpaired) electrons. The molecular formula is C14H15BrFNO. The van der Waals surface area contributed by atoms with E-state index in [1.54, 1.807) is 6.07 Å². The van der Waals surface area contributed by atoms with Gasteiger partial charge in [-0.05, 0) is 37.7 Å². The molecule has 1 aromatic carbocycles. The lowest BCUT2D eigenvalue weighted by Gasteiger charge is -2.17. The molecule has 0 fully saturated rings. The third-order valence-corrected chi connectivity index (χ3v) is 3.22. The highest BCUT2D eigenvalue weighted by molar-refractivity contribution is 9.10. The highest BCUT2D eigenvalue weighted by Gasteiger charge is 2.20. The Bertz CT molecular complexity index is 538. The number of hydrogen-bond donors (Lipinski definition) is 1. The number of rotatable bonds is 4. The van der Waals surface area contributed by atoms with Gasteiger partial charge in [-0.15, -0.1) is 0 Å². The second-order valence-corrected chi connectivity index (χ2v) is 5.02. The average molecular weight is 312 g/mol. The van der Waals surface area contributed by atoms with E-state index in [1.165, 1.54) is 6.07 Å². The summed E-state index contributed by atoms with van der Waals surface area (Å²) in [6.07, 6.45) is 0. The summed E-state index contributed by atoms with van der Waals surface area (Å²) in [5.41, 5.74) is 0.592. The first-order chi connectivity index (χ1) is 8.61. The maximum absolute atomic E-state index is 14.0. The Balaban J connectivity index is 2.41. The fourth-order valence-corrected chi connectivity index (χ4v) is 2.25. The highest BCUT2D eigenvalue weighted by Crippen LogP contribution is 2.27. The van der Waals surface area contributed by atoms with Crippen molar-refractivity contribution in [3.63, 3.8) is 0 Å². The molecule has 4 heteroatoms. The fourth-order valence-electron chi connectivity index (χ4n) is 1.91. The predicted molar refractivity (Wildman–Crippen MR) is 73.1 cm³/mol. The van der Waals surface area contributed by atoms with Gasteiger partial charge in [0.15, 0.2) is 0 Å². The molecule has 2 aromatic rings. The smallest absolute Gasteiger partial charge is 0.129 e. The van der Waals surface area contributed by atoms with Gasteiger partial charge in [0.2, 0.25) is 0 Å². The number of hydrogen-bond acceptors (Lipinski definition) is 2. The maximum Gasteiger partial charge on any atom is 0.129 e. The van der Waals surface area contributed by atoms with Crippen LogP contribution < -0.4 is 5.32 Å². The summed E-state index contributed by atoms with van der Waals surface area (Å²) in [4.78, 5) is 0. The lowest BCUT2D eigenvalue weighted by molar-refractivity contribution is 0.426. The average Bonchev–Trinajstić information content (AvgIpc) is 2.73. The molecule has 2 rings (SSSR count). The molecule has 1 N–H and O–H groups in total. The minimum Gasteiger partial charge on any atom is -0.464 e. The van der Waals surface area contributed by atoms with Crippen LogP contribution in [0.2, 0.25) is 0 Å². The summed E-state index contributed by atoms with van der Waals surface area (Å²) < 4.78 is 20.3. The number of benzene rings is 1. The zero-order chi connectivity index (χ0) is 13.1. The Hall–Kier alpha value is -1.13. The molecule has 96 valence electrons. The van der Waals surface area contributed by atoms with Crippen LogP contribution in [0.4, 0.5) is 4.39 Å². The molecule has 1 heterocycles. The van der Waals surface area contributed by atoms with E-state index in [0.29, 0.717) is 5.56 Å². The molecule has 1 unspecified atom stereocenters. The lowest BCUT2D eigenvalue weighted by atomic mass is 10.0. The second-order valence-electron chi connectivity index (χ2n) is 4.10. The van der Waals surface area contributed by atoms with Crippen LogP contribution in [0, 0.1) is 12.7 Å². The van der Waals surface area contributed by atoms with Gasteiger partial charge in [-0.2, -0.15) is 0 Å². The normalized spacial score (nSPS) is 12.7. The quantitative estimate of drug-likeness (QED) is 0.916. The first-order valence-electron chi connectivity index (χ1n) is 5.86. The first kappa shape index (κ1) is 13.3. The van der Waals surface area contributed by atoms with Crippen molar-refractivity contribution < 1.29 is 8.81 Å². The van der Waals surface area contributed by atoms with Crippen LogP contribution in [0.5, 0.6) is 0 Å². The van der Waals surface area contributed by atoms with Crippen molar-refractivity contribution >= 4 is 15.9 Å². The summed E-state index contributed by atoms with van der Waals surface area (Å²) in [5.74, 6) is 1.31. The Morgan fingerprint density at radius 2 is 2.11 bits per heavy atom. The van der Waals surface area contributed by atoms with Crippen LogP contribution in [0.15, 0.2) is 39.2 Å². The Kier molecular flexibility index (Phi) is 4.19. The Morgan fingerprint density at radius 3 is 2.67 bits per heavy atom. The van der Waals surface area contributed by atoms with Crippen LogP contribution >= 0.6 is 15.9 Å². The fraction of sp³-hybridized carbons (Fsp3) is 0.286. The number of nitrogens with one attached hydrogen (secondary N) is 1. The molecule has 1 aromatic heterocycles. The van der Waals surface area contributed by atoms with E-state index < -0.39 is 0 Å². The number of furan rings is 1. The van der Waals surface area contributed by atoms with E-state index >= 15 is 0 Å². The zero-order valence-electron chi connectivity index (χ0n) is 10.3. The van der Waals surface area contributed by atoms with Gasteiger partial charge in [0, 0.05) is 10.0 Å². The molecular weight excluding hydrogens is 297 g/mol. The van der Waals surface area contributed by atoms with Gasteiger partial charge in [0.05, 0.1) is 6.04 Å². The van der Waals surface area contributed by atoms with Crippen molar-refractivity contribution in [1.82, 2.24) is 5.32 Å². The van der Waals surface area contributed by atoms with E-state index in [1.807, 2.05) is 32.0 Å². The molecule has 2 nitrogen and oxygen atoms in total. The molecule has 0 aliphatic rings. The highest BCUT2D eigenvalue weighted by atomic mass is 79.9. The van der Waals surface area contributed by atoms with Crippen LogP contribution in [-0.2, 0) is 0 Å². The predicted octanol–water partition coefficient (Wildman–Crippen LogP) is 4.19. The SMILES string of the molecule is CCNC(c1ccc(C)o1)c1ccc(Br)cc1F. The van der Waals surface area contributed by atoms with Gasteiger partial charge in [0.25, 0.3) is 0 Å². The molecule has 0 bridgehead atoms. The Morgan fingerprint density at radius 1 is 1.33 bits per heavy atom. The molecule has 0 saturated carbocycles. The van der Waals surface area contributed by atoms with E-state index in [9.17, 15) is 4.39 Å². The van der Waals surface area contributed by atoms with Gasteiger partial charge in [-0.1, -0.05) is 28.9 Å². The van der Waals surface area contributed by atoms with Gasteiger partial charge < -0.3 is 9.73 Å². The number of halogens is 2. The van der Waals surface area contributed by atoms with Crippen molar-refractivity contribution in [3.05, 3.63) is 57.7 Å². The van der Waals surface area contributed by atoms with Crippen LogP contribution in [0.3, 0.4) is 0 Å². The molecule has 0 spiro atoms. The van der Waals surface area contributed by atoms with Gasteiger partial charge in [-0.25, -0.2) is 4.39 Å². The second kappa shape index (κ2) is 5.67. The van der Waals surface area contributed by atoms with Crippen molar-refractivity contribution in [2.75, 3.05) is 6.54 Å². The van der Waals surface area contributed by atoms with E-state index in [-0.39, 0.29) is 11.9 Å². The molecule has 0 saturated heterocycles. The van der Waals surface area contributed by atoms with Crippen LogP contribution in [0.25, 0.3) is 0 Å². The summed E-state index contributed by atoms with van der Waals surface area (Å²) in [6, 6.07) is 8.58. The standard InChI is InChI=1S/C14H15BrFNO/c1-3-17-14(13-7-4-9(2)18-13)11-6-5-10(15)8-12(11)16/h4-8,14,17H,3H2,1-2H3. The Labute approximate surface area is 114 Å². The summed E-state index contributed by atoms with van der Waals surface area (Å²) in [5, 5.41) is 3.24. The first-order valence-corrected chi connectivity index (χ1v) is 6.65. The van der Waals surface area contributed by atoms with Gasteiger partial charge in [0.1, 0.15) is 17.3 Å². The largest absolute Gasteiger partial charge is 0.464 e. The molecule has 1 atom stereocenters. The van der Waals surface area contributed by atoms with E-state index in [4.69, 9.17) is 4.42 Å². The van der Waals surface area contributed by atoms with Crippen molar-refractivity contribution in [2.24, 2.45) is 0 Å². The summed E-state index contributed by atoms with van der Waals surface area (Å²) in [6.45, 7) is 4.60. The van der Waals surface area contributed by atoms with Crippen molar-refractivity contribution in [3.8, 4) is 0 Å². The summed E-state index contributed by atoms with van der Waals surface area (Å²) >= 11 is 3.26. The topological polar surface area (TPSA) is 25.2 Å². The van der Waals surface area contributed by atoms with Crippen molar-refractivity contribution in [1.29, 1.82) is 0 Å². The third kappa shape index (κ3) is 2.82.